The lowest BCUT2D eigenvalue weighted by Crippen LogP contribution is -2.37. The summed E-state index contributed by atoms with van der Waals surface area (Å²) in [6, 6.07) is 1.58. The van der Waals surface area contributed by atoms with E-state index in [-0.39, 0.29) is 12.8 Å². The van der Waals surface area contributed by atoms with E-state index < -0.39 is 0 Å². The van der Waals surface area contributed by atoms with E-state index in [1.165, 1.54) is 0 Å². The highest BCUT2D eigenvalue weighted by molar-refractivity contribution is 5.73. The third kappa shape index (κ3) is 8.77. The molecule has 0 heterocycles. The highest BCUT2D eigenvalue weighted by Crippen LogP contribution is 1.74. The molecule has 0 fully saturated rings. The first-order valence-corrected chi connectivity index (χ1v) is 4.26. The Morgan fingerprint density at radius 2 is 2.21 bits per heavy atom. The Morgan fingerprint density at radius 1 is 1.43 bits per heavy atom. The van der Waals surface area contributed by atoms with Crippen LogP contribution >= 0.6 is 0 Å². The number of rotatable bonds is 7. The van der Waals surface area contributed by atoms with Gasteiger partial charge in [0.2, 0.25) is 0 Å². The number of hydrogen-bond acceptors (Lipinski definition) is 4. The summed E-state index contributed by atoms with van der Waals surface area (Å²) in [4.78, 5) is 10.9. The number of carbonyl (C=O) groups excluding carboxylic acids is 1. The number of nitriles is 1. The minimum atomic E-state index is -0.335. The molecular formula is C8H15N3O3. The van der Waals surface area contributed by atoms with Crippen LogP contribution in [0, 0.1) is 11.3 Å². The van der Waals surface area contributed by atoms with E-state index >= 15 is 0 Å². The molecule has 0 aliphatic rings. The van der Waals surface area contributed by atoms with Crippen LogP contribution < -0.4 is 10.6 Å². The lowest BCUT2D eigenvalue weighted by atomic mass is 10.5. The van der Waals surface area contributed by atoms with Gasteiger partial charge in [-0.3, -0.25) is 0 Å². The molecule has 0 aromatic heterocycles. The second-order valence-electron chi connectivity index (χ2n) is 2.39. The molecule has 0 unspecified atom stereocenters. The summed E-state index contributed by atoms with van der Waals surface area (Å²) in [6.07, 6.45) is 0.304. The summed E-state index contributed by atoms with van der Waals surface area (Å²) in [6.45, 7) is 1.43. The standard InChI is InChI=1S/C8H15N3O3/c1-13-5-6-14-7-11-8(12)10-4-2-3-9/h2,4-7H2,1H3,(H2,10,11,12). The maximum Gasteiger partial charge on any atom is 0.316 e. The van der Waals surface area contributed by atoms with E-state index in [2.05, 4.69) is 10.6 Å². The Labute approximate surface area is 83.2 Å². The summed E-state index contributed by atoms with van der Waals surface area (Å²) in [7, 11) is 1.57. The van der Waals surface area contributed by atoms with Gasteiger partial charge < -0.3 is 20.1 Å². The molecule has 0 atom stereocenters. The van der Waals surface area contributed by atoms with Crippen LogP contribution in [0.3, 0.4) is 0 Å². The third-order valence-corrected chi connectivity index (χ3v) is 1.29. The minimum Gasteiger partial charge on any atom is -0.382 e. The molecule has 0 aliphatic carbocycles. The Balaban J connectivity index is 3.15. The van der Waals surface area contributed by atoms with E-state index in [0.717, 1.165) is 0 Å². The Bertz CT molecular complexity index is 191. The molecule has 6 heteroatoms. The molecule has 0 saturated carbocycles. The zero-order chi connectivity index (χ0) is 10.6. The van der Waals surface area contributed by atoms with Gasteiger partial charge in [0.1, 0.15) is 6.73 Å². The largest absolute Gasteiger partial charge is 0.382 e. The molecule has 0 spiro atoms. The smallest absolute Gasteiger partial charge is 0.316 e. The number of nitrogens with zero attached hydrogens (tertiary/aromatic N) is 1. The lowest BCUT2D eigenvalue weighted by Gasteiger charge is -2.06. The molecule has 80 valence electrons. The van der Waals surface area contributed by atoms with Crippen molar-refractivity contribution in [1.82, 2.24) is 10.6 Å². The summed E-state index contributed by atoms with van der Waals surface area (Å²) in [5, 5.41) is 13.1. The minimum absolute atomic E-state index is 0.141. The van der Waals surface area contributed by atoms with Crippen LogP contribution in [0.15, 0.2) is 0 Å². The number of ether oxygens (including phenoxy) is 2. The Hall–Kier alpha value is -1.32. The van der Waals surface area contributed by atoms with Gasteiger partial charge in [-0.25, -0.2) is 4.79 Å². The fraction of sp³-hybridized carbons (Fsp3) is 0.750. The number of methoxy groups -OCH3 is 1. The predicted molar refractivity (Wildman–Crippen MR) is 49.5 cm³/mol. The lowest BCUT2D eigenvalue weighted by molar-refractivity contribution is 0.0643. The number of hydrogen-bond donors (Lipinski definition) is 2. The molecule has 0 aliphatic heterocycles. The zero-order valence-corrected chi connectivity index (χ0v) is 8.21. The molecule has 2 N–H and O–H groups in total. The predicted octanol–water partition coefficient (Wildman–Crippen LogP) is -0.180. The summed E-state index contributed by atoms with van der Waals surface area (Å²) >= 11 is 0. The van der Waals surface area contributed by atoms with E-state index in [1.54, 1.807) is 7.11 Å². The number of urea groups is 1. The van der Waals surface area contributed by atoms with Crippen LogP contribution in [0.25, 0.3) is 0 Å². The second kappa shape index (κ2) is 9.77. The number of nitrogens with one attached hydrogen (secondary N) is 2. The van der Waals surface area contributed by atoms with Gasteiger partial charge in [-0.05, 0) is 0 Å². The average molecular weight is 201 g/mol. The van der Waals surface area contributed by atoms with Crippen molar-refractivity contribution in [2.24, 2.45) is 0 Å². The van der Waals surface area contributed by atoms with Crippen molar-refractivity contribution in [2.75, 3.05) is 33.6 Å². The van der Waals surface area contributed by atoms with Crippen LogP contribution in [0.4, 0.5) is 4.79 Å². The van der Waals surface area contributed by atoms with Crippen LogP contribution in [0.1, 0.15) is 6.42 Å². The van der Waals surface area contributed by atoms with Crippen LogP contribution in [-0.2, 0) is 9.47 Å². The van der Waals surface area contributed by atoms with Crippen LogP contribution in [0.5, 0.6) is 0 Å². The quantitative estimate of drug-likeness (QED) is 0.442. The maximum atomic E-state index is 10.9. The van der Waals surface area contributed by atoms with Crippen LogP contribution in [0.2, 0.25) is 0 Å². The normalized spacial score (nSPS) is 9.14. The van der Waals surface area contributed by atoms with Gasteiger partial charge in [-0.15, -0.1) is 0 Å². The first kappa shape index (κ1) is 12.7. The fourth-order valence-electron chi connectivity index (χ4n) is 0.625. The van der Waals surface area contributed by atoms with Gasteiger partial charge in [0, 0.05) is 13.7 Å². The second-order valence-corrected chi connectivity index (χ2v) is 2.39. The van der Waals surface area contributed by atoms with Gasteiger partial charge in [-0.1, -0.05) is 0 Å². The van der Waals surface area contributed by atoms with Crippen molar-refractivity contribution in [2.45, 2.75) is 6.42 Å². The van der Waals surface area contributed by atoms with E-state index in [0.29, 0.717) is 26.2 Å². The molecule has 0 radical (unpaired) electrons. The molecule has 14 heavy (non-hydrogen) atoms. The van der Waals surface area contributed by atoms with Crippen molar-refractivity contribution in [3.63, 3.8) is 0 Å². The first-order chi connectivity index (χ1) is 6.81. The zero-order valence-electron chi connectivity index (χ0n) is 8.21. The van der Waals surface area contributed by atoms with E-state index in [1.807, 2.05) is 6.07 Å². The van der Waals surface area contributed by atoms with E-state index in [9.17, 15) is 4.79 Å². The van der Waals surface area contributed by atoms with Crippen molar-refractivity contribution in [1.29, 1.82) is 5.26 Å². The average Bonchev–Trinajstić information content (AvgIpc) is 2.18. The molecule has 0 aromatic carbocycles. The van der Waals surface area contributed by atoms with Crippen molar-refractivity contribution < 1.29 is 14.3 Å². The highest BCUT2D eigenvalue weighted by Gasteiger charge is 1.96. The van der Waals surface area contributed by atoms with E-state index in [4.69, 9.17) is 14.7 Å². The molecule has 2 amide bonds. The third-order valence-electron chi connectivity index (χ3n) is 1.29. The molecular weight excluding hydrogens is 186 g/mol. The highest BCUT2D eigenvalue weighted by atomic mass is 16.5. The molecule has 6 nitrogen and oxygen atoms in total. The van der Waals surface area contributed by atoms with Crippen molar-refractivity contribution in [3.8, 4) is 6.07 Å². The monoisotopic (exact) mass is 201 g/mol. The summed E-state index contributed by atoms with van der Waals surface area (Å²) in [5.74, 6) is 0. The summed E-state index contributed by atoms with van der Waals surface area (Å²) < 4.78 is 9.73. The van der Waals surface area contributed by atoms with Crippen LogP contribution in [-0.4, -0.2) is 39.6 Å². The maximum absolute atomic E-state index is 10.9. The fourth-order valence-corrected chi connectivity index (χ4v) is 0.625. The Kier molecular flexibility index (Phi) is 8.84. The number of carbonyl (C=O) groups is 1. The molecule has 0 bridgehead atoms. The number of amides is 2. The first-order valence-electron chi connectivity index (χ1n) is 4.26. The van der Waals surface area contributed by atoms with Gasteiger partial charge in [0.05, 0.1) is 25.7 Å². The molecule has 0 rings (SSSR count). The molecule has 0 saturated heterocycles. The van der Waals surface area contributed by atoms with Crippen molar-refractivity contribution in [3.05, 3.63) is 0 Å². The van der Waals surface area contributed by atoms with Gasteiger partial charge in [0.25, 0.3) is 0 Å². The van der Waals surface area contributed by atoms with Crippen molar-refractivity contribution >= 4 is 6.03 Å². The topological polar surface area (TPSA) is 83.4 Å². The van der Waals surface area contributed by atoms with Gasteiger partial charge >= 0.3 is 6.03 Å². The Morgan fingerprint density at radius 3 is 2.86 bits per heavy atom. The summed E-state index contributed by atoms with van der Waals surface area (Å²) in [5.41, 5.74) is 0. The SMILES string of the molecule is COCCOCNC(=O)NCCC#N. The van der Waals surface area contributed by atoms with Gasteiger partial charge in [-0.2, -0.15) is 5.26 Å². The molecule has 0 aromatic rings. The van der Waals surface area contributed by atoms with Gasteiger partial charge in [0.15, 0.2) is 0 Å².